The molecule has 39 heavy (non-hydrogen) atoms. The first-order valence-corrected chi connectivity index (χ1v) is 13.3. The molecule has 1 saturated carbocycles. The molecule has 0 radical (unpaired) electrons. The minimum Gasteiger partial charge on any atom is -0.424 e. The molecule has 2 aliphatic rings. The molecular formula is C27H32F3N7O2. The molecule has 0 spiro atoms. The summed E-state index contributed by atoms with van der Waals surface area (Å²) in [5, 5.41) is 9.87. The van der Waals surface area contributed by atoms with Gasteiger partial charge in [0.2, 0.25) is 5.82 Å². The summed E-state index contributed by atoms with van der Waals surface area (Å²) in [4.78, 5) is 25.5. The van der Waals surface area contributed by atoms with Crippen LogP contribution in [0.2, 0.25) is 0 Å². The van der Waals surface area contributed by atoms with E-state index in [2.05, 4.69) is 30.9 Å². The van der Waals surface area contributed by atoms with E-state index in [1.165, 1.54) is 12.4 Å². The summed E-state index contributed by atoms with van der Waals surface area (Å²) in [6.07, 6.45) is 5.69. The predicted molar refractivity (Wildman–Crippen MR) is 140 cm³/mol. The lowest BCUT2D eigenvalue weighted by atomic mass is 9.89. The van der Waals surface area contributed by atoms with E-state index in [4.69, 9.17) is 4.42 Å². The van der Waals surface area contributed by atoms with Crippen LogP contribution in [-0.2, 0) is 6.18 Å². The maximum atomic E-state index is 12.8. The molecule has 0 bridgehead atoms. The largest absolute Gasteiger partial charge is 0.451 e. The number of anilines is 2. The maximum Gasteiger partial charge on any atom is 0.451 e. The molecule has 2 fully saturated rings. The van der Waals surface area contributed by atoms with Crippen molar-refractivity contribution < 1.29 is 22.4 Å². The van der Waals surface area contributed by atoms with Crippen molar-refractivity contribution in [2.75, 3.05) is 30.4 Å². The van der Waals surface area contributed by atoms with Gasteiger partial charge in [0.05, 0.1) is 24.3 Å². The number of rotatable bonds is 7. The summed E-state index contributed by atoms with van der Waals surface area (Å²) in [5.41, 5.74) is 1.91. The van der Waals surface area contributed by atoms with Crippen molar-refractivity contribution in [2.24, 2.45) is 0 Å². The fourth-order valence-electron chi connectivity index (χ4n) is 5.38. The number of nitrogens with zero attached hydrogens (tertiary/aromatic N) is 4. The highest BCUT2D eigenvalue weighted by molar-refractivity contribution is 5.95. The van der Waals surface area contributed by atoms with Crippen molar-refractivity contribution in [1.29, 1.82) is 0 Å². The Labute approximate surface area is 224 Å². The van der Waals surface area contributed by atoms with E-state index < -0.39 is 12.0 Å². The number of aromatic nitrogens is 3. The first-order chi connectivity index (χ1) is 18.8. The predicted octanol–water partition coefficient (Wildman–Crippen LogP) is 4.49. The molecular weight excluding hydrogens is 511 g/mol. The van der Waals surface area contributed by atoms with Gasteiger partial charge in [-0.05, 0) is 37.8 Å². The zero-order valence-electron chi connectivity index (χ0n) is 21.7. The third-order valence-electron chi connectivity index (χ3n) is 7.34. The Morgan fingerprint density at radius 1 is 1.03 bits per heavy atom. The van der Waals surface area contributed by atoms with Gasteiger partial charge >= 0.3 is 6.18 Å². The van der Waals surface area contributed by atoms with Gasteiger partial charge in [-0.1, -0.05) is 25.0 Å². The van der Waals surface area contributed by atoms with Crippen molar-refractivity contribution in [2.45, 2.75) is 62.8 Å². The van der Waals surface area contributed by atoms with Crippen LogP contribution in [0.4, 0.5) is 24.9 Å². The van der Waals surface area contributed by atoms with Crippen LogP contribution in [0.3, 0.4) is 0 Å². The highest BCUT2D eigenvalue weighted by Gasteiger charge is 2.35. The quantitative estimate of drug-likeness (QED) is 0.400. The number of carbonyl (C=O) groups excluding carboxylic acids is 1. The molecule has 9 nitrogen and oxygen atoms in total. The monoisotopic (exact) mass is 543 g/mol. The average Bonchev–Trinajstić information content (AvgIpc) is 3.42. The zero-order chi connectivity index (χ0) is 27.4. The zero-order valence-corrected chi connectivity index (χ0v) is 21.7. The van der Waals surface area contributed by atoms with Gasteiger partial charge in [-0.15, -0.1) is 0 Å². The molecule has 3 unspecified atom stereocenters. The van der Waals surface area contributed by atoms with E-state index in [9.17, 15) is 18.0 Å². The molecule has 208 valence electrons. The number of amides is 1. The number of oxazole rings is 1. The van der Waals surface area contributed by atoms with Crippen LogP contribution in [0.15, 0.2) is 47.3 Å². The van der Waals surface area contributed by atoms with E-state index >= 15 is 0 Å². The Morgan fingerprint density at radius 3 is 2.54 bits per heavy atom. The Kier molecular flexibility index (Phi) is 8.01. The van der Waals surface area contributed by atoms with E-state index in [0.717, 1.165) is 50.6 Å². The van der Waals surface area contributed by atoms with E-state index in [1.54, 1.807) is 31.4 Å². The van der Waals surface area contributed by atoms with Crippen LogP contribution in [0, 0.1) is 0 Å². The summed E-state index contributed by atoms with van der Waals surface area (Å²) in [6.45, 7) is 1.42. The first kappa shape index (κ1) is 26.9. The van der Waals surface area contributed by atoms with Gasteiger partial charge in [-0.25, -0.2) is 15.0 Å². The van der Waals surface area contributed by atoms with Crippen LogP contribution in [0.5, 0.6) is 0 Å². The lowest BCUT2D eigenvalue weighted by Gasteiger charge is -2.40. The number of hydrogen-bond donors (Lipinski definition) is 3. The van der Waals surface area contributed by atoms with Crippen LogP contribution < -0.4 is 20.9 Å². The Morgan fingerprint density at radius 2 is 1.79 bits per heavy atom. The van der Waals surface area contributed by atoms with E-state index in [1.807, 2.05) is 11.0 Å². The molecule has 1 saturated heterocycles. The molecule has 1 aliphatic heterocycles. The smallest absolute Gasteiger partial charge is 0.424 e. The second kappa shape index (κ2) is 11.6. The summed E-state index contributed by atoms with van der Waals surface area (Å²) in [7, 11) is 1.59. The number of halogens is 3. The fourth-order valence-corrected chi connectivity index (χ4v) is 5.38. The number of hydrogen-bond acceptors (Lipinski definition) is 8. The van der Waals surface area contributed by atoms with Gasteiger partial charge in [-0.3, -0.25) is 4.79 Å². The number of carbonyl (C=O) groups is 1. The molecule has 3 heterocycles. The number of piperidine rings is 1. The lowest BCUT2D eigenvalue weighted by molar-refractivity contribution is -0.145. The van der Waals surface area contributed by atoms with Crippen molar-refractivity contribution in [3.63, 3.8) is 0 Å². The SMILES string of the molecule is CNC(=O)c1cccc(-c2cnc(NC3CCCCC3NC3CCCN(c4cnc(C(F)(F)F)nc4)C3)o2)c1. The highest BCUT2D eigenvalue weighted by atomic mass is 19.4. The number of nitrogens with one attached hydrogen (secondary N) is 3. The van der Waals surface area contributed by atoms with Gasteiger partial charge in [0, 0.05) is 49.4 Å². The van der Waals surface area contributed by atoms with Gasteiger partial charge in [0.25, 0.3) is 11.9 Å². The Bertz CT molecular complexity index is 1260. The van der Waals surface area contributed by atoms with Gasteiger partial charge in [0.1, 0.15) is 0 Å². The summed E-state index contributed by atoms with van der Waals surface area (Å²) in [5.74, 6) is -0.717. The third-order valence-corrected chi connectivity index (χ3v) is 7.34. The Balaban J connectivity index is 1.22. The highest BCUT2D eigenvalue weighted by Crippen LogP contribution is 2.29. The minimum absolute atomic E-state index is 0.118. The van der Waals surface area contributed by atoms with Crippen molar-refractivity contribution >= 4 is 17.6 Å². The van der Waals surface area contributed by atoms with Crippen molar-refractivity contribution in [1.82, 2.24) is 25.6 Å². The molecule has 1 amide bonds. The van der Waals surface area contributed by atoms with Gasteiger partial charge < -0.3 is 25.3 Å². The van der Waals surface area contributed by atoms with Gasteiger partial charge in [0.15, 0.2) is 5.76 Å². The Hall–Kier alpha value is -3.67. The second-order valence-corrected chi connectivity index (χ2v) is 10.0. The van der Waals surface area contributed by atoms with E-state index in [-0.39, 0.29) is 24.0 Å². The summed E-state index contributed by atoms with van der Waals surface area (Å²) < 4.78 is 44.5. The molecule has 12 heteroatoms. The summed E-state index contributed by atoms with van der Waals surface area (Å²) in [6, 6.07) is 8.12. The number of benzene rings is 1. The summed E-state index contributed by atoms with van der Waals surface area (Å²) >= 11 is 0. The normalized spacial score (nSPS) is 21.9. The van der Waals surface area contributed by atoms with Crippen LogP contribution >= 0.6 is 0 Å². The molecule has 1 aliphatic carbocycles. The van der Waals surface area contributed by atoms with Crippen LogP contribution in [-0.4, -0.2) is 59.1 Å². The molecule has 2 aromatic heterocycles. The molecule has 3 atom stereocenters. The van der Waals surface area contributed by atoms with Gasteiger partial charge in [-0.2, -0.15) is 13.2 Å². The third kappa shape index (κ3) is 6.49. The van der Waals surface area contributed by atoms with Crippen LogP contribution in [0.25, 0.3) is 11.3 Å². The lowest BCUT2D eigenvalue weighted by Crippen LogP contribution is -2.55. The molecule has 5 rings (SSSR count). The fraction of sp³-hybridized carbons (Fsp3) is 0.481. The van der Waals surface area contributed by atoms with Crippen LogP contribution in [0.1, 0.15) is 54.7 Å². The van der Waals surface area contributed by atoms with Crippen molar-refractivity contribution in [3.05, 3.63) is 54.2 Å². The average molecular weight is 544 g/mol. The maximum absolute atomic E-state index is 12.8. The van der Waals surface area contributed by atoms with E-state index in [0.29, 0.717) is 29.6 Å². The number of alkyl halides is 3. The topological polar surface area (TPSA) is 108 Å². The molecule has 1 aromatic carbocycles. The first-order valence-electron chi connectivity index (χ1n) is 13.3. The molecule has 3 aromatic rings. The van der Waals surface area contributed by atoms with Crippen molar-refractivity contribution in [3.8, 4) is 11.3 Å². The minimum atomic E-state index is -4.55. The molecule has 3 N–H and O–H groups in total. The second-order valence-electron chi connectivity index (χ2n) is 10.0. The standard InChI is InChI=1S/C27H32F3N7O2/c1-31-24(38)18-7-4-6-17(12-18)23-15-34-26(39-23)36-22-10-3-2-9-21(22)35-19-8-5-11-37(16-19)20-13-32-25(33-14-20)27(28,29)30/h4,6-7,12-15,19,21-22,35H,2-3,5,8-11,16H2,1H3,(H,31,38)(H,34,36).